The van der Waals surface area contributed by atoms with Gasteiger partial charge in [0.1, 0.15) is 0 Å². The predicted molar refractivity (Wildman–Crippen MR) is 126 cm³/mol. The third-order valence-corrected chi connectivity index (χ3v) is 7.53. The number of carbonyl (C=O) groups is 1. The SMILES string of the molecule is C=CCN(CC=C)S(=O)(=O)c1ccc(C(=O)Nc2nnc(-c3cccc(S(C)(=O)=O)c3)o2)cc1. The van der Waals surface area contributed by atoms with Gasteiger partial charge in [0.05, 0.1) is 9.79 Å². The van der Waals surface area contributed by atoms with Crippen molar-refractivity contribution in [2.24, 2.45) is 0 Å². The number of sulfone groups is 1. The highest BCUT2D eigenvalue weighted by Crippen LogP contribution is 2.23. The lowest BCUT2D eigenvalue weighted by molar-refractivity contribution is 0.102. The molecule has 2 aromatic carbocycles. The maximum absolute atomic E-state index is 12.8. The van der Waals surface area contributed by atoms with Crippen molar-refractivity contribution in [1.82, 2.24) is 14.5 Å². The van der Waals surface area contributed by atoms with Crippen molar-refractivity contribution in [2.45, 2.75) is 9.79 Å². The van der Waals surface area contributed by atoms with Crippen LogP contribution in [0.4, 0.5) is 6.01 Å². The van der Waals surface area contributed by atoms with Crippen molar-refractivity contribution >= 4 is 31.8 Å². The number of benzene rings is 2. The second kappa shape index (κ2) is 10.1. The predicted octanol–water partition coefficient (Wildman–Crippen LogP) is 2.76. The molecule has 10 nitrogen and oxygen atoms in total. The van der Waals surface area contributed by atoms with E-state index in [1.54, 1.807) is 6.07 Å². The number of rotatable bonds is 10. The molecular formula is C22H22N4O6S2. The maximum atomic E-state index is 12.8. The largest absolute Gasteiger partial charge is 0.403 e. The van der Waals surface area contributed by atoms with Gasteiger partial charge in [0, 0.05) is 30.5 Å². The summed E-state index contributed by atoms with van der Waals surface area (Å²) in [6.07, 6.45) is 4.02. The average molecular weight is 503 g/mol. The van der Waals surface area contributed by atoms with Gasteiger partial charge in [-0.15, -0.1) is 18.3 Å². The first-order chi connectivity index (χ1) is 16.1. The van der Waals surface area contributed by atoms with Crippen LogP contribution in [0.2, 0.25) is 0 Å². The Morgan fingerprint density at radius 1 is 1.00 bits per heavy atom. The second-order valence-electron chi connectivity index (χ2n) is 7.09. The molecule has 3 rings (SSSR count). The summed E-state index contributed by atoms with van der Waals surface area (Å²) in [7, 11) is -7.22. The number of hydrogen-bond donors (Lipinski definition) is 1. The molecule has 0 fully saturated rings. The van der Waals surface area contributed by atoms with E-state index in [0.29, 0.717) is 5.56 Å². The minimum atomic E-state index is -3.79. The van der Waals surface area contributed by atoms with Crippen LogP contribution in [0.3, 0.4) is 0 Å². The van der Waals surface area contributed by atoms with E-state index in [0.717, 1.165) is 6.26 Å². The third-order valence-electron chi connectivity index (χ3n) is 4.57. The van der Waals surface area contributed by atoms with E-state index in [2.05, 4.69) is 28.7 Å². The first-order valence-corrected chi connectivity index (χ1v) is 13.2. The smallest absolute Gasteiger partial charge is 0.322 e. The summed E-state index contributed by atoms with van der Waals surface area (Å²) in [5, 5.41) is 10.0. The molecule has 0 spiro atoms. The van der Waals surface area contributed by atoms with E-state index in [-0.39, 0.29) is 40.3 Å². The van der Waals surface area contributed by atoms with Gasteiger partial charge in [-0.2, -0.15) is 4.31 Å². The van der Waals surface area contributed by atoms with Crippen molar-refractivity contribution in [3.05, 3.63) is 79.4 Å². The summed E-state index contributed by atoms with van der Waals surface area (Å²) in [6.45, 7) is 7.35. The van der Waals surface area contributed by atoms with Crippen LogP contribution in [-0.4, -0.2) is 56.6 Å². The first-order valence-electron chi connectivity index (χ1n) is 9.83. The van der Waals surface area contributed by atoms with E-state index in [1.807, 2.05) is 0 Å². The molecule has 0 saturated heterocycles. The lowest BCUT2D eigenvalue weighted by Crippen LogP contribution is -2.31. The molecule has 0 saturated carbocycles. The highest BCUT2D eigenvalue weighted by molar-refractivity contribution is 7.90. The molecular weight excluding hydrogens is 480 g/mol. The Hall–Kier alpha value is -3.61. The summed E-state index contributed by atoms with van der Waals surface area (Å²) in [5.41, 5.74) is 0.533. The van der Waals surface area contributed by atoms with Crippen molar-refractivity contribution in [3.8, 4) is 11.5 Å². The van der Waals surface area contributed by atoms with E-state index in [9.17, 15) is 21.6 Å². The number of anilines is 1. The van der Waals surface area contributed by atoms with Crippen LogP contribution in [0.1, 0.15) is 10.4 Å². The molecule has 1 heterocycles. The fourth-order valence-corrected chi connectivity index (χ4v) is 4.95. The molecule has 0 radical (unpaired) electrons. The second-order valence-corrected chi connectivity index (χ2v) is 11.0. The van der Waals surface area contributed by atoms with Crippen LogP contribution >= 0.6 is 0 Å². The van der Waals surface area contributed by atoms with Crippen LogP contribution in [0.15, 0.2) is 88.0 Å². The minimum Gasteiger partial charge on any atom is -0.403 e. The third kappa shape index (κ3) is 5.65. The fourth-order valence-electron chi connectivity index (χ4n) is 2.91. The van der Waals surface area contributed by atoms with Crippen LogP contribution in [0.25, 0.3) is 11.5 Å². The van der Waals surface area contributed by atoms with E-state index < -0.39 is 25.8 Å². The summed E-state index contributed by atoms with van der Waals surface area (Å²) < 4.78 is 55.6. The molecule has 0 aliphatic rings. The van der Waals surface area contributed by atoms with Crippen molar-refractivity contribution < 1.29 is 26.0 Å². The summed E-state index contributed by atoms with van der Waals surface area (Å²) >= 11 is 0. The number of amides is 1. The van der Waals surface area contributed by atoms with Crippen LogP contribution in [0, 0.1) is 0 Å². The van der Waals surface area contributed by atoms with E-state index in [4.69, 9.17) is 4.42 Å². The quantitative estimate of drug-likeness (QED) is 0.418. The minimum absolute atomic E-state index is 0.0126. The Morgan fingerprint density at radius 3 is 2.24 bits per heavy atom. The first kappa shape index (κ1) is 25.0. The average Bonchev–Trinajstić information content (AvgIpc) is 3.27. The van der Waals surface area contributed by atoms with Gasteiger partial charge in [-0.1, -0.05) is 23.3 Å². The zero-order chi connectivity index (χ0) is 24.9. The number of nitrogens with zero attached hydrogens (tertiary/aromatic N) is 3. The lowest BCUT2D eigenvalue weighted by atomic mass is 10.2. The molecule has 0 bridgehead atoms. The molecule has 3 aromatic rings. The van der Waals surface area contributed by atoms with Gasteiger partial charge in [-0.05, 0) is 42.5 Å². The Bertz CT molecular complexity index is 1420. The molecule has 178 valence electrons. The molecule has 1 amide bonds. The van der Waals surface area contributed by atoms with Gasteiger partial charge in [-0.25, -0.2) is 16.8 Å². The van der Waals surface area contributed by atoms with Gasteiger partial charge in [0.15, 0.2) is 9.84 Å². The Kier molecular flexibility index (Phi) is 7.44. The Morgan fingerprint density at radius 2 is 1.65 bits per heavy atom. The normalized spacial score (nSPS) is 11.8. The molecule has 1 N–H and O–H groups in total. The molecule has 0 unspecified atom stereocenters. The van der Waals surface area contributed by atoms with Crippen LogP contribution < -0.4 is 5.32 Å². The van der Waals surface area contributed by atoms with Gasteiger partial charge >= 0.3 is 6.01 Å². The zero-order valence-electron chi connectivity index (χ0n) is 18.2. The molecule has 12 heteroatoms. The highest BCUT2D eigenvalue weighted by Gasteiger charge is 2.23. The molecule has 0 aliphatic heterocycles. The Labute approximate surface area is 197 Å². The Balaban J connectivity index is 1.76. The summed E-state index contributed by atoms with van der Waals surface area (Å²) in [5.74, 6) is -0.579. The summed E-state index contributed by atoms with van der Waals surface area (Å²) in [4.78, 5) is 12.6. The topological polar surface area (TPSA) is 140 Å². The number of carbonyl (C=O) groups excluding carboxylic acids is 1. The molecule has 0 aliphatic carbocycles. The number of nitrogens with one attached hydrogen (secondary N) is 1. The number of sulfonamides is 1. The fraction of sp³-hybridized carbons (Fsp3) is 0.136. The van der Waals surface area contributed by atoms with Gasteiger partial charge in [0.25, 0.3) is 5.91 Å². The number of hydrogen-bond acceptors (Lipinski definition) is 8. The van der Waals surface area contributed by atoms with Gasteiger partial charge in [-0.3, -0.25) is 10.1 Å². The van der Waals surface area contributed by atoms with E-state index >= 15 is 0 Å². The van der Waals surface area contributed by atoms with Crippen molar-refractivity contribution in [3.63, 3.8) is 0 Å². The van der Waals surface area contributed by atoms with Crippen LogP contribution in [0.5, 0.6) is 0 Å². The highest BCUT2D eigenvalue weighted by atomic mass is 32.2. The molecule has 1 aromatic heterocycles. The van der Waals surface area contributed by atoms with Crippen LogP contribution in [-0.2, 0) is 19.9 Å². The van der Waals surface area contributed by atoms with Gasteiger partial charge < -0.3 is 4.42 Å². The maximum Gasteiger partial charge on any atom is 0.322 e. The molecule has 0 atom stereocenters. The van der Waals surface area contributed by atoms with Crippen molar-refractivity contribution in [1.29, 1.82) is 0 Å². The van der Waals surface area contributed by atoms with Gasteiger partial charge in [0.2, 0.25) is 15.9 Å². The monoisotopic (exact) mass is 502 g/mol. The standard InChI is InChI=1S/C22H22N4O6S2/c1-4-13-26(14-5-2)34(30,31)18-11-9-16(10-12-18)20(27)23-22-25-24-21(32-22)17-7-6-8-19(15-17)33(3,28)29/h4-12,15H,1-2,13-14H2,3H3,(H,23,25,27). The van der Waals surface area contributed by atoms with Crippen molar-refractivity contribution in [2.75, 3.05) is 24.7 Å². The molecule has 34 heavy (non-hydrogen) atoms. The lowest BCUT2D eigenvalue weighted by Gasteiger charge is -2.19. The summed E-state index contributed by atoms with van der Waals surface area (Å²) in [6, 6.07) is 11.1. The zero-order valence-corrected chi connectivity index (χ0v) is 19.8. The number of aromatic nitrogens is 2. The van der Waals surface area contributed by atoms with E-state index in [1.165, 1.54) is 58.9 Å².